The summed E-state index contributed by atoms with van der Waals surface area (Å²) in [5.41, 5.74) is 2.01. The number of hydrogen-bond donors (Lipinski definition) is 0. The van der Waals surface area contributed by atoms with Gasteiger partial charge in [-0.15, -0.1) is 0 Å². The fourth-order valence-electron chi connectivity index (χ4n) is 1.87. The van der Waals surface area contributed by atoms with E-state index in [1.807, 2.05) is 50.5 Å². The van der Waals surface area contributed by atoms with E-state index >= 15 is 0 Å². The third-order valence-electron chi connectivity index (χ3n) is 2.99. The van der Waals surface area contributed by atoms with Crippen molar-refractivity contribution in [2.75, 3.05) is 21.2 Å². The van der Waals surface area contributed by atoms with E-state index in [0.717, 1.165) is 20.1 Å². The van der Waals surface area contributed by atoms with Gasteiger partial charge in [0, 0.05) is 18.6 Å². The zero-order valence-electron chi connectivity index (χ0n) is 13.2. The molecule has 23 heavy (non-hydrogen) atoms. The second kappa shape index (κ2) is 8.36. The minimum absolute atomic E-state index is 0.466. The molecular formula is C17H18Br2N2O2. The van der Waals surface area contributed by atoms with E-state index in [0.29, 0.717) is 18.1 Å². The molecule has 0 heterocycles. The quantitative estimate of drug-likeness (QED) is 0.481. The molecule has 0 fully saturated rings. The Morgan fingerprint density at radius 1 is 1.13 bits per heavy atom. The van der Waals surface area contributed by atoms with Crippen molar-refractivity contribution in [3.8, 4) is 11.5 Å². The van der Waals surface area contributed by atoms with Crippen LogP contribution in [0.2, 0.25) is 0 Å². The molecule has 0 saturated heterocycles. The minimum atomic E-state index is 0.466. The highest BCUT2D eigenvalue weighted by atomic mass is 79.9. The van der Waals surface area contributed by atoms with Crippen molar-refractivity contribution in [1.29, 1.82) is 0 Å². The van der Waals surface area contributed by atoms with Crippen LogP contribution in [0.1, 0.15) is 11.1 Å². The van der Waals surface area contributed by atoms with Crippen LogP contribution in [-0.2, 0) is 6.61 Å². The van der Waals surface area contributed by atoms with Crippen molar-refractivity contribution in [2.24, 2.45) is 5.10 Å². The molecule has 0 aliphatic carbocycles. The minimum Gasteiger partial charge on any atom is -0.493 e. The van der Waals surface area contributed by atoms with Gasteiger partial charge in [0.2, 0.25) is 0 Å². The van der Waals surface area contributed by atoms with E-state index in [-0.39, 0.29) is 0 Å². The molecule has 0 aliphatic heterocycles. The molecule has 0 amide bonds. The van der Waals surface area contributed by atoms with E-state index in [1.54, 1.807) is 18.3 Å². The molecule has 0 aromatic heterocycles. The topological polar surface area (TPSA) is 34.1 Å². The van der Waals surface area contributed by atoms with Gasteiger partial charge in [-0.3, -0.25) is 0 Å². The zero-order valence-corrected chi connectivity index (χ0v) is 16.4. The van der Waals surface area contributed by atoms with Crippen molar-refractivity contribution in [1.82, 2.24) is 5.01 Å². The van der Waals surface area contributed by atoms with E-state index in [1.165, 1.54) is 0 Å². The number of nitrogens with zero attached hydrogens (tertiary/aromatic N) is 2. The summed E-state index contributed by atoms with van der Waals surface area (Å²) in [7, 11) is 5.37. The standard InChI is InChI=1S/C17H18Br2N2O2/c1-21(2)20-10-13-8-15(19)17(16(9-13)22-3)23-11-12-4-6-14(18)7-5-12/h4-10H,11H2,1-3H3/b20-10+. The van der Waals surface area contributed by atoms with Crippen molar-refractivity contribution >= 4 is 38.1 Å². The second-order valence-corrected chi connectivity index (χ2v) is 6.81. The molecule has 0 unspecified atom stereocenters. The molecule has 0 bridgehead atoms. The van der Waals surface area contributed by atoms with Crippen LogP contribution in [0.25, 0.3) is 0 Å². The van der Waals surface area contributed by atoms with Crippen LogP contribution in [0.4, 0.5) is 0 Å². The van der Waals surface area contributed by atoms with Gasteiger partial charge in [-0.1, -0.05) is 28.1 Å². The average Bonchev–Trinajstić information content (AvgIpc) is 2.53. The lowest BCUT2D eigenvalue weighted by Crippen LogP contribution is -2.03. The summed E-state index contributed by atoms with van der Waals surface area (Å²) in [6.07, 6.45) is 1.77. The number of ether oxygens (including phenoxy) is 2. The van der Waals surface area contributed by atoms with E-state index in [4.69, 9.17) is 9.47 Å². The monoisotopic (exact) mass is 440 g/mol. The molecule has 0 saturated carbocycles. The van der Waals surface area contributed by atoms with Gasteiger partial charge in [0.1, 0.15) is 6.61 Å². The summed E-state index contributed by atoms with van der Waals surface area (Å²) in [6.45, 7) is 0.466. The molecule has 4 nitrogen and oxygen atoms in total. The number of rotatable bonds is 6. The fourth-order valence-corrected chi connectivity index (χ4v) is 2.71. The SMILES string of the molecule is COc1cc(/C=N/N(C)C)cc(Br)c1OCc1ccc(Br)cc1. The van der Waals surface area contributed by atoms with Crippen LogP contribution < -0.4 is 9.47 Å². The molecule has 2 aromatic rings. The maximum atomic E-state index is 5.92. The highest BCUT2D eigenvalue weighted by Gasteiger charge is 2.11. The predicted octanol–water partition coefficient (Wildman–Crippen LogP) is 4.69. The van der Waals surface area contributed by atoms with Gasteiger partial charge < -0.3 is 14.5 Å². The van der Waals surface area contributed by atoms with Gasteiger partial charge in [0.05, 0.1) is 17.8 Å². The maximum absolute atomic E-state index is 5.92. The lowest BCUT2D eigenvalue weighted by Gasteiger charge is -2.14. The highest BCUT2D eigenvalue weighted by molar-refractivity contribution is 9.10. The molecule has 0 aliphatic rings. The van der Waals surface area contributed by atoms with Gasteiger partial charge in [-0.2, -0.15) is 5.10 Å². The number of hydrogen-bond acceptors (Lipinski definition) is 4. The molecule has 0 atom stereocenters. The Morgan fingerprint density at radius 2 is 1.83 bits per heavy atom. The van der Waals surface area contributed by atoms with Crippen LogP contribution in [0.3, 0.4) is 0 Å². The smallest absolute Gasteiger partial charge is 0.175 e. The normalized spacial score (nSPS) is 10.8. The van der Waals surface area contributed by atoms with Gasteiger partial charge in [0.15, 0.2) is 11.5 Å². The summed E-state index contributed by atoms with van der Waals surface area (Å²) in [4.78, 5) is 0. The summed E-state index contributed by atoms with van der Waals surface area (Å²) < 4.78 is 13.2. The first-order valence-electron chi connectivity index (χ1n) is 6.95. The van der Waals surface area contributed by atoms with Crippen LogP contribution in [0, 0.1) is 0 Å². The number of benzene rings is 2. The lowest BCUT2D eigenvalue weighted by atomic mass is 10.2. The summed E-state index contributed by atoms with van der Waals surface area (Å²) in [5.74, 6) is 1.34. The molecule has 122 valence electrons. The maximum Gasteiger partial charge on any atom is 0.175 e. The molecular weight excluding hydrogens is 424 g/mol. The first-order valence-corrected chi connectivity index (χ1v) is 8.54. The molecule has 2 aromatic carbocycles. The predicted molar refractivity (Wildman–Crippen MR) is 100 cm³/mol. The summed E-state index contributed by atoms with van der Waals surface area (Å²) >= 11 is 6.97. The molecule has 2 rings (SSSR count). The zero-order chi connectivity index (χ0) is 16.8. The van der Waals surface area contributed by atoms with E-state index in [9.17, 15) is 0 Å². The molecule has 6 heteroatoms. The van der Waals surface area contributed by atoms with Crippen molar-refractivity contribution < 1.29 is 9.47 Å². The number of hydrazone groups is 1. The van der Waals surface area contributed by atoms with Gasteiger partial charge in [-0.25, -0.2) is 0 Å². The van der Waals surface area contributed by atoms with Gasteiger partial charge >= 0.3 is 0 Å². The molecule has 0 radical (unpaired) electrons. The Bertz CT molecular complexity index is 686. The Balaban J connectivity index is 2.19. The van der Waals surface area contributed by atoms with E-state index in [2.05, 4.69) is 37.0 Å². The number of methoxy groups -OCH3 is 1. The van der Waals surface area contributed by atoms with Crippen LogP contribution in [0.5, 0.6) is 11.5 Å². The average molecular weight is 442 g/mol. The Labute approximate surface area is 153 Å². The first kappa shape index (κ1) is 17.8. The van der Waals surface area contributed by atoms with Gasteiger partial charge in [0.25, 0.3) is 0 Å². The summed E-state index contributed by atoms with van der Waals surface area (Å²) in [5, 5.41) is 5.96. The van der Waals surface area contributed by atoms with Crippen molar-refractivity contribution in [3.05, 3.63) is 56.5 Å². The fraction of sp³-hybridized carbons (Fsp3) is 0.235. The largest absolute Gasteiger partial charge is 0.493 e. The first-order chi connectivity index (χ1) is 11.0. The Hall–Kier alpha value is -1.53. The van der Waals surface area contributed by atoms with Crippen LogP contribution >= 0.6 is 31.9 Å². The summed E-state index contributed by atoms with van der Waals surface area (Å²) in [6, 6.07) is 11.9. The van der Waals surface area contributed by atoms with Crippen molar-refractivity contribution in [3.63, 3.8) is 0 Å². The third kappa shape index (κ3) is 5.25. The van der Waals surface area contributed by atoms with Gasteiger partial charge in [-0.05, 0) is 51.3 Å². The Kier molecular flexibility index (Phi) is 6.47. The van der Waals surface area contributed by atoms with E-state index < -0.39 is 0 Å². The van der Waals surface area contributed by atoms with Crippen LogP contribution in [0.15, 0.2) is 50.4 Å². The highest BCUT2D eigenvalue weighted by Crippen LogP contribution is 2.36. The Morgan fingerprint density at radius 3 is 2.43 bits per heavy atom. The number of halogens is 2. The molecule has 0 N–H and O–H groups in total. The lowest BCUT2D eigenvalue weighted by molar-refractivity contribution is 0.282. The van der Waals surface area contributed by atoms with Crippen LogP contribution in [-0.4, -0.2) is 32.4 Å². The molecule has 0 spiro atoms. The third-order valence-corrected chi connectivity index (χ3v) is 4.10. The second-order valence-electron chi connectivity index (χ2n) is 5.04. The van der Waals surface area contributed by atoms with Crippen molar-refractivity contribution in [2.45, 2.75) is 6.61 Å².